The molecule has 2 aromatic rings. The van der Waals surface area contributed by atoms with Crippen LogP contribution in [0.25, 0.3) is 0 Å². The van der Waals surface area contributed by atoms with E-state index in [1.807, 2.05) is 54.6 Å². The summed E-state index contributed by atoms with van der Waals surface area (Å²) in [7, 11) is 1.63. The fourth-order valence-corrected chi connectivity index (χ4v) is 4.46. The van der Waals surface area contributed by atoms with Gasteiger partial charge >= 0.3 is 0 Å². The molecular weight excluding hydrogens is 346 g/mol. The first-order valence-electron chi connectivity index (χ1n) is 7.03. The zero-order chi connectivity index (χ0) is 16.4. The second-order valence-electron chi connectivity index (χ2n) is 5.03. The number of thiol groups is 1. The van der Waals surface area contributed by atoms with E-state index in [0.717, 1.165) is 17.0 Å². The topological polar surface area (TPSA) is 29.5 Å². The molecule has 1 aliphatic rings. The first kappa shape index (κ1) is 16.4. The molecule has 0 bridgehead atoms. The van der Waals surface area contributed by atoms with Gasteiger partial charge in [0.1, 0.15) is 10.1 Å². The number of carbonyl (C=O) groups excluding carboxylic acids is 1. The number of benzene rings is 2. The SMILES string of the molecule is COc1ccc([C@H]2SC(=S)N(c3ccccc3)C(=O)[C@H]2S)cc1. The summed E-state index contributed by atoms with van der Waals surface area (Å²) in [6.45, 7) is 0. The van der Waals surface area contributed by atoms with Gasteiger partial charge in [-0.05, 0) is 29.8 Å². The zero-order valence-corrected chi connectivity index (χ0v) is 14.9. The lowest BCUT2D eigenvalue weighted by Crippen LogP contribution is -2.46. The predicted octanol–water partition coefficient (Wildman–Crippen LogP) is 4.10. The highest BCUT2D eigenvalue weighted by atomic mass is 32.2. The minimum atomic E-state index is -0.458. The van der Waals surface area contributed by atoms with Crippen LogP contribution >= 0.6 is 36.6 Å². The van der Waals surface area contributed by atoms with Gasteiger partial charge in [0.15, 0.2) is 0 Å². The molecule has 2 atom stereocenters. The number of hydrogen-bond acceptors (Lipinski definition) is 5. The molecule has 1 fully saturated rings. The van der Waals surface area contributed by atoms with Crippen molar-refractivity contribution in [3.63, 3.8) is 0 Å². The number of anilines is 1. The number of hydrogen-bond donors (Lipinski definition) is 1. The molecule has 3 nitrogen and oxygen atoms in total. The minimum Gasteiger partial charge on any atom is -0.497 e. The number of ether oxygens (including phenoxy) is 1. The normalized spacial score (nSPS) is 21.4. The van der Waals surface area contributed by atoms with E-state index in [-0.39, 0.29) is 11.2 Å². The van der Waals surface area contributed by atoms with E-state index >= 15 is 0 Å². The number of para-hydroxylation sites is 1. The largest absolute Gasteiger partial charge is 0.497 e. The van der Waals surface area contributed by atoms with E-state index in [9.17, 15) is 4.79 Å². The third-order valence-corrected chi connectivity index (χ3v) is 6.00. The Morgan fingerprint density at radius 2 is 1.78 bits per heavy atom. The zero-order valence-electron chi connectivity index (χ0n) is 12.4. The maximum Gasteiger partial charge on any atom is 0.246 e. The summed E-state index contributed by atoms with van der Waals surface area (Å²) in [4.78, 5) is 14.3. The highest BCUT2D eigenvalue weighted by molar-refractivity contribution is 8.24. The molecule has 23 heavy (non-hydrogen) atoms. The van der Waals surface area contributed by atoms with Crippen molar-refractivity contribution in [3.05, 3.63) is 60.2 Å². The first-order chi connectivity index (χ1) is 11.1. The quantitative estimate of drug-likeness (QED) is 0.658. The third kappa shape index (κ3) is 3.24. The van der Waals surface area contributed by atoms with Crippen LogP contribution in [0.1, 0.15) is 10.8 Å². The number of thiocarbonyl (C=S) groups is 1. The van der Waals surface area contributed by atoms with E-state index in [1.165, 1.54) is 11.8 Å². The Bertz CT molecular complexity index is 718. The average molecular weight is 362 g/mol. The molecule has 0 saturated carbocycles. The number of thioether (sulfide) groups is 1. The molecule has 3 rings (SSSR count). The molecule has 118 valence electrons. The number of methoxy groups -OCH3 is 1. The molecule has 6 heteroatoms. The Labute approximate surface area is 150 Å². The van der Waals surface area contributed by atoms with Crippen LogP contribution in [0, 0.1) is 0 Å². The van der Waals surface area contributed by atoms with Crippen LogP contribution in [0.15, 0.2) is 54.6 Å². The van der Waals surface area contributed by atoms with Gasteiger partial charge < -0.3 is 4.74 Å². The monoisotopic (exact) mass is 361 g/mol. The van der Waals surface area contributed by atoms with Gasteiger partial charge in [-0.3, -0.25) is 9.69 Å². The molecule has 0 unspecified atom stereocenters. The summed E-state index contributed by atoms with van der Waals surface area (Å²) >= 11 is 11.5. The van der Waals surface area contributed by atoms with Crippen LogP contribution in [0.2, 0.25) is 0 Å². The first-order valence-corrected chi connectivity index (χ1v) is 8.84. The highest BCUT2D eigenvalue weighted by Gasteiger charge is 2.39. The lowest BCUT2D eigenvalue weighted by molar-refractivity contribution is -0.117. The van der Waals surface area contributed by atoms with E-state index in [2.05, 4.69) is 12.6 Å². The Hall–Kier alpha value is -1.50. The van der Waals surface area contributed by atoms with Gasteiger partial charge in [0.25, 0.3) is 0 Å². The molecule has 1 heterocycles. The van der Waals surface area contributed by atoms with Crippen LogP contribution in [-0.4, -0.2) is 22.6 Å². The van der Waals surface area contributed by atoms with Gasteiger partial charge in [0.2, 0.25) is 5.91 Å². The maximum absolute atomic E-state index is 12.8. The molecule has 1 amide bonds. The van der Waals surface area contributed by atoms with E-state index in [0.29, 0.717) is 4.32 Å². The molecule has 1 saturated heterocycles. The van der Waals surface area contributed by atoms with Crippen molar-refractivity contribution in [3.8, 4) is 5.75 Å². The van der Waals surface area contributed by atoms with Gasteiger partial charge in [0, 0.05) is 0 Å². The van der Waals surface area contributed by atoms with Gasteiger partial charge in [0.05, 0.1) is 23.3 Å². The third-order valence-electron chi connectivity index (χ3n) is 3.63. The van der Waals surface area contributed by atoms with Crippen LogP contribution in [-0.2, 0) is 4.79 Å². The van der Waals surface area contributed by atoms with Gasteiger partial charge in [-0.25, -0.2) is 0 Å². The van der Waals surface area contributed by atoms with Crippen molar-refractivity contribution >= 4 is 52.5 Å². The van der Waals surface area contributed by atoms with Crippen LogP contribution in [0.5, 0.6) is 5.75 Å². The van der Waals surface area contributed by atoms with Crippen molar-refractivity contribution in [1.29, 1.82) is 0 Å². The van der Waals surface area contributed by atoms with Gasteiger partial charge in [-0.2, -0.15) is 12.6 Å². The van der Waals surface area contributed by atoms with Gasteiger partial charge in [-0.15, -0.1) is 0 Å². The van der Waals surface area contributed by atoms with E-state index in [4.69, 9.17) is 17.0 Å². The van der Waals surface area contributed by atoms with Crippen LogP contribution in [0.4, 0.5) is 5.69 Å². The maximum atomic E-state index is 12.8. The Morgan fingerprint density at radius 1 is 1.13 bits per heavy atom. The lowest BCUT2D eigenvalue weighted by atomic mass is 10.1. The number of amides is 1. The summed E-state index contributed by atoms with van der Waals surface area (Å²) in [5, 5.41) is -0.565. The Kier molecular flexibility index (Phi) is 4.94. The fourth-order valence-electron chi connectivity index (χ4n) is 2.43. The summed E-state index contributed by atoms with van der Waals surface area (Å²) < 4.78 is 5.72. The van der Waals surface area contributed by atoms with E-state index < -0.39 is 5.25 Å². The Morgan fingerprint density at radius 3 is 2.39 bits per heavy atom. The molecule has 1 aliphatic heterocycles. The summed E-state index contributed by atoms with van der Waals surface area (Å²) in [5.74, 6) is 0.689. The molecular formula is C17H15NO2S3. The number of carbonyl (C=O) groups is 1. The second kappa shape index (κ2) is 6.95. The number of rotatable bonds is 3. The molecule has 0 radical (unpaired) electrons. The van der Waals surface area contributed by atoms with Crippen LogP contribution in [0.3, 0.4) is 0 Å². The van der Waals surface area contributed by atoms with Crippen molar-refractivity contribution in [2.24, 2.45) is 0 Å². The number of nitrogens with zero attached hydrogens (tertiary/aromatic N) is 1. The summed E-state index contributed by atoms with van der Waals surface area (Å²) in [5.41, 5.74) is 1.79. The fraction of sp³-hybridized carbons (Fsp3) is 0.176. The lowest BCUT2D eigenvalue weighted by Gasteiger charge is -2.35. The predicted molar refractivity (Wildman–Crippen MR) is 103 cm³/mol. The molecule has 0 spiro atoms. The average Bonchev–Trinajstić information content (AvgIpc) is 2.59. The summed E-state index contributed by atoms with van der Waals surface area (Å²) in [6, 6.07) is 17.1. The molecule has 0 aliphatic carbocycles. The van der Waals surface area contributed by atoms with Crippen molar-refractivity contribution in [1.82, 2.24) is 0 Å². The van der Waals surface area contributed by atoms with Crippen molar-refractivity contribution in [2.75, 3.05) is 12.0 Å². The van der Waals surface area contributed by atoms with Gasteiger partial charge in [-0.1, -0.05) is 54.3 Å². The molecule has 0 N–H and O–H groups in total. The van der Waals surface area contributed by atoms with E-state index in [1.54, 1.807) is 12.0 Å². The molecule has 2 aromatic carbocycles. The smallest absolute Gasteiger partial charge is 0.246 e. The minimum absolute atomic E-state index is 0.0934. The second-order valence-corrected chi connectivity index (χ2v) is 7.36. The standard InChI is InChI=1S/C17H15NO2S3/c1-20-13-9-7-11(8-10-13)15-14(21)16(19)18(17(22)23-15)12-5-3-2-4-6-12/h2-10,14-15,21H,1H3/t14-,15+/m0/s1. The molecule has 0 aromatic heterocycles. The van der Waals surface area contributed by atoms with Crippen molar-refractivity contribution in [2.45, 2.75) is 10.5 Å². The Balaban J connectivity index is 1.88. The van der Waals surface area contributed by atoms with Crippen molar-refractivity contribution < 1.29 is 9.53 Å². The highest BCUT2D eigenvalue weighted by Crippen LogP contribution is 2.43. The van der Waals surface area contributed by atoms with Crippen LogP contribution < -0.4 is 9.64 Å². The summed E-state index contributed by atoms with van der Waals surface area (Å²) in [6.07, 6.45) is 0.